The number of aryl methyl sites for hydroxylation is 1. The van der Waals surface area contributed by atoms with E-state index in [2.05, 4.69) is 48.7 Å². The van der Waals surface area contributed by atoms with Crippen LogP contribution >= 0.6 is 0 Å². The van der Waals surface area contributed by atoms with E-state index < -0.39 is 0 Å². The molecule has 4 rings (SSSR count). The van der Waals surface area contributed by atoms with Crippen molar-refractivity contribution in [2.45, 2.75) is 44.7 Å². The monoisotopic (exact) mass is 355 g/mol. The highest BCUT2D eigenvalue weighted by Crippen LogP contribution is 2.34. The SMILES string of the molecule is Cc1cc(N2CCCN(Cc3nnc(C4CC(N)C4)n3C)CC2)ccn1. The molecule has 3 heterocycles. The first-order chi connectivity index (χ1) is 12.6. The summed E-state index contributed by atoms with van der Waals surface area (Å²) in [6, 6.07) is 4.63. The minimum atomic E-state index is 0.341. The van der Waals surface area contributed by atoms with Gasteiger partial charge < -0.3 is 15.2 Å². The number of nitrogens with two attached hydrogens (primary N) is 1. The summed E-state index contributed by atoms with van der Waals surface area (Å²) in [5.41, 5.74) is 8.28. The molecular weight excluding hydrogens is 326 g/mol. The summed E-state index contributed by atoms with van der Waals surface area (Å²) in [7, 11) is 2.10. The first-order valence-electron chi connectivity index (χ1n) is 9.64. The number of aromatic nitrogens is 4. The fourth-order valence-electron chi connectivity index (χ4n) is 4.06. The Bertz CT molecular complexity index is 750. The molecule has 0 radical (unpaired) electrons. The highest BCUT2D eigenvalue weighted by molar-refractivity contribution is 5.46. The normalized spacial score (nSPS) is 24.3. The smallest absolute Gasteiger partial charge is 0.146 e. The van der Waals surface area contributed by atoms with Crippen LogP contribution in [0.4, 0.5) is 5.69 Å². The van der Waals surface area contributed by atoms with Crippen LogP contribution in [0.2, 0.25) is 0 Å². The van der Waals surface area contributed by atoms with E-state index in [-0.39, 0.29) is 0 Å². The Morgan fingerprint density at radius 3 is 2.77 bits per heavy atom. The van der Waals surface area contributed by atoms with Gasteiger partial charge in [-0.25, -0.2) is 0 Å². The molecule has 1 saturated carbocycles. The average molecular weight is 355 g/mol. The van der Waals surface area contributed by atoms with E-state index in [1.807, 2.05) is 13.1 Å². The molecule has 2 fully saturated rings. The number of nitrogens with zero attached hydrogens (tertiary/aromatic N) is 6. The Kier molecular flexibility index (Phi) is 4.91. The van der Waals surface area contributed by atoms with Crippen LogP contribution in [0.1, 0.15) is 42.5 Å². The molecular formula is C19H29N7. The van der Waals surface area contributed by atoms with Crippen LogP contribution < -0.4 is 10.6 Å². The van der Waals surface area contributed by atoms with E-state index in [1.54, 1.807) is 0 Å². The fraction of sp³-hybridized carbons (Fsp3) is 0.632. The first-order valence-corrected chi connectivity index (χ1v) is 9.64. The van der Waals surface area contributed by atoms with Crippen molar-refractivity contribution in [3.05, 3.63) is 35.7 Å². The largest absolute Gasteiger partial charge is 0.370 e. The van der Waals surface area contributed by atoms with Crippen molar-refractivity contribution in [3.8, 4) is 0 Å². The fourth-order valence-corrected chi connectivity index (χ4v) is 4.06. The predicted molar refractivity (Wildman–Crippen MR) is 102 cm³/mol. The van der Waals surface area contributed by atoms with E-state index >= 15 is 0 Å². The molecule has 0 bridgehead atoms. The third kappa shape index (κ3) is 3.59. The Labute approximate surface area is 155 Å². The zero-order valence-corrected chi connectivity index (χ0v) is 15.8. The molecule has 7 heteroatoms. The van der Waals surface area contributed by atoms with Crippen molar-refractivity contribution in [2.24, 2.45) is 12.8 Å². The quantitative estimate of drug-likeness (QED) is 0.894. The van der Waals surface area contributed by atoms with Gasteiger partial charge >= 0.3 is 0 Å². The number of hydrogen-bond donors (Lipinski definition) is 1. The molecule has 0 aromatic carbocycles. The molecule has 2 aliphatic rings. The molecule has 140 valence electrons. The van der Waals surface area contributed by atoms with Gasteiger partial charge in [0, 0.05) is 62.8 Å². The summed E-state index contributed by atoms with van der Waals surface area (Å²) >= 11 is 0. The van der Waals surface area contributed by atoms with Gasteiger partial charge in [0.25, 0.3) is 0 Å². The maximum Gasteiger partial charge on any atom is 0.146 e. The van der Waals surface area contributed by atoms with E-state index in [4.69, 9.17) is 5.73 Å². The number of hydrogen-bond acceptors (Lipinski definition) is 6. The molecule has 1 aliphatic carbocycles. The minimum absolute atomic E-state index is 0.341. The van der Waals surface area contributed by atoms with Crippen LogP contribution in [0.15, 0.2) is 18.3 Å². The summed E-state index contributed by atoms with van der Waals surface area (Å²) in [6.45, 7) is 7.17. The van der Waals surface area contributed by atoms with Crippen molar-refractivity contribution in [3.63, 3.8) is 0 Å². The molecule has 2 aromatic heterocycles. The third-order valence-electron chi connectivity index (χ3n) is 5.74. The Balaban J connectivity index is 1.38. The van der Waals surface area contributed by atoms with Gasteiger partial charge in [-0.3, -0.25) is 9.88 Å². The molecule has 0 spiro atoms. The zero-order valence-electron chi connectivity index (χ0n) is 15.8. The molecule has 0 amide bonds. The van der Waals surface area contributed by atoms with Crippen molar-refractivity contribution in [1.29, 1.82) is 0 Å². The van der Waals surface area contributed by atoms with Crippen LogP contribution in [0.25, 0.3) is 0 Å². The lowest BCUT2D eigenvalue weighted by Gasteiger charge is -2.31. The van der Waals surface area contributed by atoms with Crippen LogP contribution in [0, 0.1) is 6.92 Å². The Morgan fingerprint density at radius 2 is 2.00 bits per heavy atom. The first kappa shape index (κ1) is 17.4. The summed E-state index contributed by atoms with van der Waals surface area (Å²) < 4.78 is 2.19. The number of pyridine rings is 1. The average Bonchev–Trinajstić information content (AvgIpc) is 2.81. The highest BCUT2D eigenvalue weighted by Gasteiger charge is 2.31. The second-order valence-electron chi connectivity index (χ2n) is 7.73. The van der Waals surface area contributed by atoms with Gasteiger partial charge in [-0.15, -0.1) is 10.2 Å². The van der Waals surface area contributed by atoms with Crippen molar-refractivity contribution in [2.75, 3.05) is 31.1 Å². The van der Waals surface area contributed by atoms with E-state index in [1.165, 1.54) is 5.69 Å². The maximum atomic E-state index is 5.93. The van der Waals surface area contributed by atoms with Crippen LogP contribution in [-0.2, 0) is 13.6 Å². The van der Waals surface area contributed by atoms with Crippen LogP contribution in [-0.4, -0.2) is 56.9 Å². The summed E-state index contributed by atoms with van der Waals surface area (Å²) in [6.07, 6.45) is 5.14. The topological polar surface area (TPSA) is 76.1 Å². The summed E-state index contributed by atoms with van der Waals surface area (Å²) in [5, 5.41) is 8.91. The van der Waals surface area contributed by atoms with Gasteiger partial charge in [-0.1, -0.05) is 0 Å². The van der Waals surface area contributed by atoms with Gasteiger partial charge in [-0.2, -0.15) is 0 Å². The van der Waals surface area contributed by atoms with E-state index in [0.29, 0.717) is 12.0 Å². The Morgan fingerprint density at radius 1 is 1.15 bits per heavy atom. The van der Waals surface area contributed by atoms with Crippen molar-refractivity contribution >= 4 is 5.69 Å². The van der Waals surface area contributed by atoms with Gasteiger partial charge in [-0.05, 0) is 38.3 Å². The maximum absolute atomic E-state index is 5.93. The molecule has 2 N–H and O–H groups in total. The minimum Gasteiger partial charge on any atom is -0.370 e. The molecule has 0 unspecified atom stereocenters. The molecule has 7 nitrogen and oxygen atoms in total. The number of rotatable bonds is 4. The van der Waals surface area contributed by atoms with Crippen molar-refractivity contribution < 1.29 is 0 Å². The van der Waals surface area contributed by atoms with E-state index in [9.17, 15) is 0 Å². The standard InChI is InChI=1S/C19H29N7/c1-14-10-17(4-5-21-14)26-7-3-6-25(8-9-26)13-18-22-23-19(24(18)2)15-11-16(20)12-15/h4-5,10,15-16H,3,6-9,11-13,20H2,1-2H3. The molecule has 0 atom stereocenters. The Hall–Kier alpha value is -1.99. The van der Waals surface area contributed by atoms with Gasteiger partial charge in [0.05, 0.1) is 6.54 Å². The summed E-state index contributed by atoms with van der Waals surface area (Å²) in [5.74, 6) is 2.66. The van der Waals surface area contributed by atoms with Crippen LogP contribution in [0.5, 0.6) is 0 Å². The second kappa shape index (κ2) is 7.32. The van der Waals surface area contributed by atoms with E-state index in [0.717, 1.165) is 69.3 Å². The van der Waals surface area contributed by atoms with Crippen molar-refractivity contribution in [1.82, 2.24) is 24.6 Å². The van der Waals surface area contributed by atoms with Gasteiger partial charge in [0.2, 0.25) is 0 Å². The van der Waals surface area contributed by atoms with Gasteiger partial charge in [0.15, 0.2) is 0 Å². The molecule has 1 saturated heterocycles. The van der Waals surface area contributed by atoms with Gasteiger partial charge in [0.1, 0.15) is 11.6 Å². The highest BCUT2D eigenvalue weighted by atomic mass is 15.3. The molecule has 2 aromatic rings. The second-order valence-corrected chi connectivity index (χ2v) is 7.73. The molecule has 26 heavy (non-hydrogen) atoms. The molecule has 1 aliphatic heterocycles. The lowest BCUT2D eigenvalue weighted by atomic mass is 9.80. The lowest BCUT2D eigenvalue weighted by Crippen LogP contribution is -2.36. The lowest BCUT2D eigenvalue weighted by molar-refractivity contribution is 0.273. The zero-order chi connectivity index (χ0) is 18.1. The third-order valence-corrected chi connectivity index (χ3v) is 5.74. The summed E-state index contributed by atoms with van der Waals surface area (Å²) in [4.78, 5) is 9.27. The number of anilines is 1. The van der Waals surface area contributed by atoms with Crippen LogP contribution in [0.3, 0.4) is 0 Å². The predicted octanol–water partition coefficient (Wildman–Crippen LogP) is 1.44.